The lowest BCUT2D eigenvalue weighted by atomic mass is 9.97. The Morgan fingerprint density at radius 2 is 1.88 bits per heavy atom. The molecule has 5 rings (SSSR count). The average molecular weight is 452 g/mol. The van der Waals surface area contributed by atoms with Gasteiger partial charge in [0.05, 0.1) is 12.8 Å². The SMILES string of the molecule is COc1cc(C=Cc2nc3n(n2)CCC3c2cc(F)c(F)c(F)c2)cnc1-n1cnc(C)c1. The van der Waals surface area contributed by atoms with Crippen molar-refractivity contribution in [2.45, 2.75) is 25.8 Å². The zero-order valence-corrected chi connectivity index (χ0v) is 17.8. The smallest absolute Gasteiger partial charge is 0.194 e. The van der Waals surface area contributed by atoms with Gasteiger partial charge in [-0.15, -0.1) is 0 Å². The van der Waals surface area contributed by atoms with Crippen LogP contribution in [-0.4, -0.2) is 36.4 Å². The molecule has 168 valence electrons. The maximum absolute atomic E-state index is 13.7. The van der Waals surface area contributed by atoms with Crippen LogP contribution < -0.4 is 4.74 Å². The van der Waals surface area contributed by atoms with E-state index >= 15 is 0 Å². The first kappa shape index (κ1) is 20.9. The Kier molecular flexibility index (Phi) is 5.20. The van der Waals surface area contributed by atoms with Crippen LogP contribution in [0.3, 0.4) is 0 Å². The van der Waals surface area contributed by atoms with Crippen LogP contribution >= 0.6 is 0 Å². The molecule has 1 atom stereocenters. The molecule has 1 aliphatic heterocycles. The number of ether oxygens (including phenoxy) is 1. The molecule has 0 fully saturated rings. The van der Waals surface area contributed by atoms with Crippen molar-refractivity contribution < 1.29 is 17.9 Å². The molecule has 0 spiro atoms. The molecule has 0 amide bonds. The Bertz CT molecular complexity index is 1350. The number of rotatable bonds is 5. The first-order chi connectivity index (χ1) is 15.9. The number of methoxy groups -OCH3 is 1. The van der Waals surface area contributed by atoms with Crippen molar-refractivity contribution in [3.63, 3.8) is 0 Å². The van der Waals surface area contributed by atoms with Gasteiger partial charge in [0.15, 0.2) is 34.8 Å². The van der Waals surface area contributed by atoms with E-state index in [1.165, 1.54) is 0 Å². The lowest BCUT2D eigenvalue weighted by Crippen LogP contribution is -2.02. The van der Waals surface area contributed by atoms with E-state index in [-0.39, 0.29) is 5.92 Å². The van der Waals surface area contributed by atoms with E-state index in [1.54, 1.807) is 41.0 Å². The van der Waals surface area contributed by atoms with E-state index in [9.17, 15) is 13.2 Å². The van der Waals surface area contributed by atoms with Crippen molar-refractivity contribution in [3.05, 3.63) is 82.8 Å². The van der Waals surface area contributed by atoms with E-state index in [4.69, 9.17) is 4.74 Å². The minimum Gasteiger partial charge on any atom is -0.493 e. The van der Waals surface area contributed by atoms with Gasteiger partial charge in [0, 0.05) is 24.9 Å². The first-order valence-electron chi connectivity index (χ1n) is 10.2. The van der Waals surface area contributed by atoms with Gasteiger partial charge < -0.3 is 4.74 Å². The van der Waals surface area contributed by atoms with Crippen molar-refractivity contribution in [2.24, 2.45) is 0 Å². The van der Waals surface area contributed by atoms with Crippen LogP contribution in [0, 0.1) is 24.4 Å². The molecule has 0 aliphatic carbocycles. The van der Waals surface area contributed by atoms with E-state index in [2.05, 4.69) is 20.1 Å². The molecule has 0 N–H and O–H groups in total. The summed E-state index contributed by atoms with van der Waals surface area (Å²) in [6.45, 7) is 2.44. The molecule has 10 heteroatoms. The summed E-state index contributed by atoms with van der Waals surface area (Å²) >= 11 is 0. The van der Waals surface area contributed by atoms with Crippen molar-refractivity contribution in [2.75, 3.05) is 7.11 Å². The van der Waals surface area contributed by atoms with Crippen LogP contribution in [0.15, 0.2) is 36.9 Å². The number of aromatic nitrogens is 6. The Balaban J connectivity index is 1.39. The number of nitrogens with zero attached hydrogens (tertiary/aromatic N) is 6. The molecular weight excluding hydrogens is 433 g/mol. The quantitative estimate of drug-likeness (QED) is 0.423. The third-order valence-electron chi connectivity index (χ3n) is 5.52. The van der Waals surface area contributed by atoms with Gasteiger partial charge >= 0.3 is 0 Å². The predicted molar refractivity (Wildman–Crippen MR) is 114 cm³/mol. The summed E-state index contributed by atoms with van der Waals surface area (Å²) in [7, 11) is 1.57. The fraction of sp³-hybridized carbons (Fsp3) is 0.217. The number of hydrogen-bond donors (Lipinski definition) is 0. The normalized spacial score (nSPS) is 15.4. The van der Waals surface area contributed by atoms with E-state index in [0.29, 0.717) is 41.7 Å². The zero-order chi connectivity index (χ0) is 23.1. The van der Waals surface area contributed by atoms with Gasteiger partial charge in [-0.05, 0) is 54.8 Å². The fourth-order valence-corrected chi connectivity index (χ4v) is 3.93. The summed E-state index contributed by atoms with van der Waals surface area (Å²) in [5, 5.41) is 4.45. The fourth-order valence-electron chi connectivity index (χ4n) is 3.93. The highest BCUT2D eigenvalue weighted by atomic mass is 19.2. The summed E-state index contributed by atoms with van der Waals surface area (Å²) in [5.41, 5.74) is 1.99. The van der Waals surface area contributed by atoms with Gasteiger partial charge in [-0.1, -0.05) is 0 Å². The Morgan fingerprint density at radius 3 is 2.58 bits per heavy atom. The summed E-state index contributed by atoms with van der Waals surface area (Å²) in [4.78, 5) is 13.2. The molecule has 1 unspecified atom stereocenters. The van der Waals surface area contributed by atoms with Crippen molar-refractivity contribution in [3.8, 4) is 11.6 Å². The van der Waals surface area contributed by atoms with Gasteiger partial charge in [-0.2, -0.15) is 5.10 Å². The Labute approximate surface area is 187 Å². The van der Waals surface area contributed by atoms with Crippen LogP contribution in [0.5, 0.6) is 5.75 Å². The summed E-state index contributed by atoms with van der Waals surface area (Å²) in [5.74, 6) is -2.01. The third-order valence-corrected chi connectivity index (χ3v) is 5.52. The number of pyridine rings is 1. The highest BCUT2D eigenvalue weighted by Crippen LogP contribution is 2.34. The van der Waals surface area contributed by atoms with Crippen LogP contribution in [-0.2, 0) is 6.54 Å². The van der Waals surface area contributed by atoms with Crippen LogP contribution in [0.4, 0.5) is 13.2 Å². The van der Waals surface area contributed by atoms with Crippen LogP contribution in [0.2, 0.25) is 0 Å². The van der Waals surface area contributed by atoms with Crippen molar-refractivity contribution >= 4 is 12.2 Å². The second-order valence-electron chi connectivity index (χ2n) is 7.74. The molecule has 7 nitrogen and oxygen atoms in total. The number of halogens is 3. The first-order valence-corrected chi connectivity index (χ1v) is 10.2. The Hall–Kier alpha value is -3.95. The molecule has 0 saturated heterocycles. The molecule has 1 aliphatic rings. The molecule has 3 aromatic heterocycles. The minimum absolute atomic E-state index is 0.340. The number of aryl methyl sites for hydroxylation is 2. The third kappa shape index (κ3) is 3.88. The number of fused-ring (bicyclic) bond motifs is 1. The van der Waals surface area contributed by atoms with Crippen LogP contribution in [0.1, 0.15) is 40.8 Å². The predicted octanol–water partition coefficient (Wildman–Crippen LogP) is 4.30. The minimum atomic E-state index is -1.47. The van der Waals surface area contributed by atoms with Gasteiger partial charge in [-0.25, -0.2) is 32.8 Å². The van der Waals surface area contributed by atoms with Crippen molar-refractivity contribution in [1.29, 1.82) is 0 Å². The molecule has 33 heavy (non-hydrogen) atoms. The molecule has 4 aromatic rings. The van der Waals surface area contributed by atoms with Gasteiger partial charge in [0.2, 0.25) is 0 Å². The molecule has 0 bridgehead atoms. The number of benzene rings is 1. The second-order valence-corrected chi connectivity index (χ2v) is 7.74. The lowest BCUT2D eigenvalue weighted by molar-refractivity contribution is 0.410. The highest BCUT2D eigenvalue weighted by molar-refractivity contribution is 5.67. The summed E-state index contributed by atoms with van der Waals surface area (Å²) in [6, 6.07) is 3.87. The highest BCUT2D eigenvalue weighted by Gasteiger charge is 2.29. The summed E-state index contributed by atoms with van der Waals surface area (Å²) in [6.07, 6.45) is 9.33. The maximum Gasteiger partial charge on any atom is 0.194 e. The molecule has 0 saturated carbocycles. The van der Waals surface area contributed by atoms with Gasteiger partial charge in [0.25, 0.3) is 0 Å². The van der Waals surface area contributed by atoms with E-state index in [0.717, 1.165) is 23.4 Å². The number of imidazole rings is 1. The lowest BCUT2D eigenvalue weighted by Gasteiger charge is -2.09. The number of hydrogen-bond acceptors (Lipinski definition) is 5. The Morgan fingerprint density at radius 1 is 1.09 bits per heavy atom. The second kappa shape index (κ2) is 8.19. The maximum atomic E-state index is 13.7. The summed E-state index contributed by atoms with van der Waals surface area (Å²) < 4.78 is 49.7. The monoisotopic (exact) mass is 452 g/mol. The largest absolute Gasteiger partial charge is 0.493 e. The molecular formula is C23H19F3N6O. The molecule has 4 heterocycles. The average Bonchev–Trinajstić information content (AvgIpc) is 3.51. The molecule has 0 radical (unpaired) electrons. The topological polar surface area (TPSA) is 70.7 Å². The molecule has 1 aromatic carbocycles. The zero-order valence-electron chi connectivity index (χ0n) is 17.8. The van der Waals surface area contributed by atoms with Gasteiger partial charge in [0.1, 0.15) is 12.2 Å². The van der Waals surface area contributed by atoms with E-state index < -0.39 is 17.5 Å². The standard InChI is InChI=1S/C23H19F3N6O/c1-13-11-31(12-28-13)23-19(33-2)7-14(10-27-23)3-4-20-29-22-16(5-6-32(22)30-20)15-8-17(24)21(26)18(25)9-15/h3-4,7-12,16H,5-6H2,1-2H3. The van der Waals surface area contributed by atoms with Crippen LogP contribution in [0.25, 0.3) is 18.0 Å². The van der Waals surface area contributed by atoms with Gasteiger partial charge in [-0.3, -0.25) is 4.57 Å². The van der Waals surface area contributed by atoms with Crippen molar-refractivity contribution in [1.82, 2.24) is 29.3 Å². The van der Waals surface area contributed by atoms with E-state index in [1.807, 2.05) is 19.2 Å².